The predicted molar refractivity (Wildman–Crippen MR) is 104 cm³/mol. The Balaban J connectivity index is 1.72. The summed E-state index contributed by atoms with van der Waals surface area (Å²) in [4.78, 5) is 10.3. The molecule has 6 heteroatoms. The lowest BCUT2D eigenvalue weighted by Crippen LogP contribution is -2.35. The summed E-state index contributed by atoms with van der Waals surface area (Å²) in [7, 11) is 2.11. The van der Waals surface area contributed by atoms with Gasteiger partial charge in [-0.25, -0.2) is 9.37 Å². The molecule has 1 aliphatic rings. The predicted octanol–water partition coefficient (Wildman–Crippen LogP) is 4.66. The number of halogens is 2. The normalized spacial score (nSPS) is 17.7. The molecule has 0 radical (unpaired) electrons. The van der Waals surface area contributed by atoms with Gasteiger partial charge in [-0.15, -0.1) is 0 Å². The number of fused-ring (bicyclic) bond motifs is 1. The van der Waals surface area contributed by atoms with Crippen LogP contribution in [0.3, 0.4) is 0 Å². The number of likely N-dealkylation sites (tertiary alicyclic amines) is 1. The third kappa shape index (κ3) is 3.68. The van der Waals surface area contributed by atoms with Crippen molar-refractivity contribution in [2.45, 2.75) is 25.0 Å². The van der Waals surface area contributed by atoms with Crippen molar-refractivity contribution in [3.05, 3.63) is 64.1 Å². The summed E-state index contributed by atoms with van der Waals surface area (Å²) in [6, 6.07) is 12.8. The van der Waals surface area contributed by atoms with Crippen LogP contribution in [0.15, 0.2) is 46.9 Å². The zero-order valence-corrected chi connectivity index (χ0v) is 16.2. The van der Waals surface area contributed by atoms with E-state index in [0.717, 1.165) is 41.4 Å². The van der Waals surface area contributed by atoms with Gasteiger partial charge in [-0.3, -0.25) is 0 Å². The Labute approximate surface area is 160 Å². The van der Waals surface area contributed by atoms with Crippen LogP contribution in [0.4, 0.5) is 4.39 Å². The van der Waals surface area contributed by atoms with Crippen LogP contribution < -0.4 is 0 Å². The van der Waals surface area contributed by atoms with E-state index in [9.17, 15) is 4.39 Å². The number of ether oxygens (including phenoxy) is 1. The van der Waals surface area contributed by atoms with Crippen molar-refractivity contribution >= 4 is 27.0 Å². The molecule has 1 atom stereocenters. The van der Waals surface area contributed by atoms with Gasteiger partial charge in [-0.2, -0.15) is 0 Å². The van der Waals surface area contributed by atoms with E-state index in [0.29, 0.717) is 11.4 Å². The van der Waals surface area contributed by atoms with E-state index in [1.165, 1.54) is 6.07 Å². The number of nitrogens with one attached hydrogen (secondary N) is 1. The second-order valence-corrected chi connectivity index (χ2v) is 7.74. The van der Waals surface area contributed by atoms with E-state index in [4.69, 9.17) is 4.74 Å². The van der Waals surface area contributed by atoms with Crippen LogP contribution in [0, 0.1) is 5.82 Å². The molecule has 0 spiro atoms. The van der Waals surface area contributed by atoms with Gasteiger partial charge in [-0.05, 0) is 50.2 Å². The highest BCUT2D eigenvalue weighted by Gasteiger charge is 2.28. The molecule has 1 saturated heterocycles. The van der Waals surface area contributed by atoms with E-state index in [1.807, 2.05) is 24.3 Å². The first-order valence-corrected chi connectivity index (χ1v) is 9.63. The fourth-order valence-electron chi connectivity index (χ4n) is 3.41. The number of para-hydroxylation sites is 2. The Hall–Kier alpha value is -1.76. The highest BCUT2D eigenvalue weighted by Crippen LogP contribution is 2.32. The average Bonchev–Trinajstić information content (AvgIpc) is 3.07. The summed E-state index contributed by atoms with van der Waals surface area (Å²) in [5.41, 5.74) is 2.28. The third-order valence-electron chi connectivity index (χ3n) is 4.89. The minimum Gasteiger partial charge on any atom is -0.362 e. The van der Waals surface area contributed by atoms with Crippen molar-refractivity contribution in [2.75, 3.05) is 20.1 Å². The van der Waals surface area contributed by atoms with Gasteiger partial charge in [0.15, 0.2) is 0 Å². The van der Waals surface area contributed by atoms with Crippen LogP contribution in [-0.4, -0.2) is 41.1 Å². The minimum atomic E-state index is -0.562. The van der Waals surface area contributed by atoms with Gasteiger partial charge < -0.3 is 14.6 Å². The van der Waals surface area contributed by atoms with Crippen LogP contribution in [0.5, 0.6) is 0 Å². The Bertz CT molecular complexity index is 872. The van der Waals surface area contributed by atoms with E-state index < -0.39 is 6.10 Å². The molecule has 4 rings (SSSR count). The van der Waals surface area contributed by atoms with Crippen LogP contribution in [-0.2, 0) is 4.74 Å². The Morgan fingerprint density at radius 2 is 2.00 bits per heavy atom. The largest absolute Gasteiger partial charge is 0.362 e. The van der Waals surface area contributed by atoms with E-state index in [-0.39, 0.29) is 11.9 Å². The SMILES string of the molecule is CN1CCC(OC(c2nc3ccccc3[nH]2)c2cc(Br)ccc2F)CC1. The quantitative estimate of drug-likeness (QED) is 0.670. The maximum absolute atomic E-state index is 14.6. The van der Waals surface area contributed by atoms with E-state index >= 15 is 0 Å². The number of imidazole rings is 1. The molecule has 26 heavy (non-hydrogen) atoms. The summed E-state index contributed by atoms with van der Waals surface area (Å²) in [5, 5.41) is 0. The van der Waals surface area contributed by atoms with Crippen LogP contribution >= 0.6 is 15.9 Å². The zero-order valence-electron chi connectivity index (χ0n) is 14.6. The van der Waals surface area contributed by atoms with E-state index in [1.54, 1.807) is 12.1 Å². The molecule has 1 unspecified atom stereocenters. The first-order chi connectivity index (χ1) is 12.6. The van der Waals surface area contributed by atoms with Crippen molar-refractivity contribution < 1.29 is 9.13 Å². The van der Waals surface area contributed by atoms with Gasteiger partial charge in [0.1, 0.15) is 17.7 Å². The number of nitrogens with zero attached hydrogens (tertiary/aromatic N) is 2. The van der Waals surface area contributed by atoms with Crippen LogP contribution in [0.2, 0.25) is 0 Å². The van der Waals surface area contributed by atoms with Crippen molar-refractivity contribution in [3.63, 3.8) is 0 Å². The first-order valence-electron chi connectivity index (χ1n) is 8.84. The van der Waals surface area contributed by atoms with Gasteiger partial charge in [0.25, 0.3) is 0 Å². The number of aromatic nitrogens is 2. The molecule has 136 valence electrons. The topological polar surface area (TPSA) is 41.1 Å². The molecule has 0 bridgehead atoms. The molecule has 1 aliphatic heterocycles. The summed E-state index contributed by atoms with van der Waals surface area (Å²) in [5.74, 6) is 0.355. The summed E-state index contributed by atoms with van der Waals surface area (Å²) in [6.45, 7) is 1.97. The molecule has 1 fully saturated rings. The molecule has 0 saturated carbocycles. The van der Waals surface area contributed by atoms with E-state index in [2.05, 4.69) is 37.8 Å². The summed E-state index contributed by atoms with van der Waals surface area (Å²) < 4.78 is 21.8. The number of hydrogen-bond acceptors (Lipinski definition) is 3. The monoisotopic (exact) mass is 417 g/mol. The van der Waals surface area contributed by atoms with Crippen LogP contribution in [0.25, 0.3) is 11.0 Å². The molecule has 1 aromatic heterocycles. The summed E-state index contributed by atoms with van der Waals surface area (Å²) in [6.07, 6.45) is 1.39. The fraction of sp³-hybridized carbons (Fsp3) is 0.350. The van der Waals surface area contributed by atoms with Gasteiger partial charge >= 0.3 is 0 Å². The van der Waals surface area contributed by atoms with Crippen molar-refractivity contribution in [1.82, 2.24) is 14.9 Å². The third-order valence-corrected chi connectivity index (χ3v) is 5.38. The highest BCUT2D eigenvalue weighted by molar-refractivity contribution is 9.10. The standard InChI is InChI=1S/C20H21BrFN3O/c1-25-10-8-14(9-11-25)26-19(15-12-13(21)6-7-16(15)22)20-23-17-4-2-3-5-18(17)24-20/h2-7,12,14,19H,8-11H2,1H3,(H,23,24). The molecular formula is C20H21BrFN3O. The first kappa shape index (κ1) is 17.6. The molecule has 0 aliphatic carbocycles. The van der Waals surface area contributed by atoms with Gasteiger partial charge in [-0.1, -0.05) is 28.1 Å². The molecule has 2 aromatic carbocycles. The molecule has 0 amide bonds. The molecule has 4 nitrogen and oxygen atoms in total. The minimum absolute atomic E-state index is 0.0859. The molecular weight excluding hydrogens is 397 g/mol. The maximum atomic E-state index is 14.6. The average molecular weight is 418 g/mol. The van der Waals surface area contributed by atoms with Crippen molar-refractivity contribution in [2.24, 2.45) is 0 Å². The Kier molecular flexibility index (Phi) is 5.07. The van der Waals surface area contributed by atoms with Crippen LogP contribution in [0.1, 0.15) is 30.3 Å². The number of H-pyrrole nitrogens is 1. The van der Waals surface area contributed by atoms with Crippen molar-refractivity contribution in [3.8, 4) is 0 Å². The van der Waals surface area contributed by atoms with Gasteiger partial charge in [0.2, 0.25) is 0 Å². The number of rotatable bonds is 4. The number of piperidine rings is 1. The smallest absolute Gasteiger partial charge is 0.143 e. The lowest BCUT2D eigenvalue weighted by molar-refractivity contribution is -0.0276. The molecule has 3 aromatic rings. The Morgan fingerprint density at radius 3 is 2.77 bits per heavy atom. The van der Waals surface area contributed by atoms with Gasteiger partial charge in [0.05, 0.1) is 17.1 Å². The van der Waals surface area contributed by atoms with Crippen molar-refractivity contribution in [1.29, 1.82) is 0 Å². The number of aromatic amines is 1. The number of hydrogen-bond donors (Lipinski definition) is 1. The zero-order chi connectivity index (χ0) is 18.1. The molecule has 2 heterocycles. The number of benzene rings is 2. The summed E-state index contributed by atoms with van der Waals surface area (Å²) >= 11 is 3.45. The Morgan fingerprint density at radius 1 is 1.23 bits per heavy atom. The molecule has 1 N–H and O–H groups in total. The second-order valence-electron chi connectivity index (χ2n) is 6.82. The second kappa shape index (κ2) is 7.47. The maximum Gasteiger partial charge on any atom is 0.143 e. The highest BCUT2D eigenvalue weighted by atomic mass is 79.9. The van der Waals surface area contributed by atoms with Gasteiger partial charge in [0, 0.05) is 23.1 Å². The fourth-order valence-corrected chi connectivity index (χ4v) is 3.79. The lowest BCUT2D eigenvalue weighted by atomic mass is 10.1. The lowest BCUT2D eigenvalue weighted by Gasteiger charge is -2.31.